The van der Waals surface area contributed by atoms with E-state index in [1.54, 1.807) is 0 Å². The van der Waals surface area contributed by atoms with Gasteiger partial charge < -0.3 is 10.2 Å². The summed E-state index contributed by atoms with van der Waals surface area (Å²) in [5.74, 6) is 0.889. The first kappa shape index (κ1) is 11.7. The second-order valence-corrected chi connectivity index (χ2v) is 5.54. The van der Waals surface area contributed by atoms with E-state index in [1.165, 1.54) is 0 Å². The number of nitrogens with one attached hydrogen (secondary N) is 1. The van der Waals surface area contributed by atoms with Crippen molar-refractivity contribution in [3.8, 4) is 0 Å². The molecule has 0 saturated carbocycles. The molecule has 1 amide bonds. The van der Waals surface area contributed by atoms with Gasteiger partial charge in [-0.25, -0.2) is 0 Å². The maximum atomic E-state index is 12.7. The van der Waals surface area contributed by atoms with E-state index in [4.69, 9.17) is 0 Å². The Bertz CT molecular complexity index is 463. The largest absolute Gasteiger partial charge is 0.334 e. The van der Waals surface area contributed by atoms with Gasteiger partial charge in [-0.05, 0) is 37.3 Å². The molecule has 2 aliphatic rings. The van der Waals surface area contributed by atoms with Gasteiger partial charge in [0.05, 0.1) is 0 Å². The van der Waals surface area contributed by atoms with Crippen LogP contribution in [0.5, 0.6) is 0 Å². The summed E-state index contributed by atoms with van der Waals surface area (Å²) >= 11 is 0. The average molecular weight is 244 g/mol. The van der Waals surface area contributed by atoms with Crippen LogP contribution in [0.15, 0.2) is 18.2 Å². The van der Waals surface area contributed by atoms with Crippen molar-refractivity contribution in [2.24, 2.45) is 5.92 Å². The molecule has 0 unspecified atom stereocenters. The standard InChI is InChI=1S/C15H20N2O/c1-10-4-3-5-11(2)14(10)15(18)17-7-6-12-8-16-9-13(12)17/h3-5,12-13,16H,6-9H2,1-2H3/t12-,13+/m0/s1. The Labute approximate surface area is 108 Å². The molecule has 0 aromatic heterocycles. The maximum Gasteiger partial charge on any atom is 0.254 e. The van der Waals surface area contributed by atoms with Crippen LogP contribution in [0.2, 0.25) is 0 Å². The van der Waals surface area contributed by atoms with Crippen molar-refractivity contribution in [2.45, 2.75) is 26.3 Å². The third-order valence-electron chi connectivity index (χ3n) is 4.40. The SMILES string of the molecule is Cc1cccc(C)c1C(=O)N1CC[C@H]2CNC[C@H]21. The van der Waals surface area contributed by atoms with Crippen LogP contribution in [0.25, 0.3) is 0 Å². The summed E-state index contributed by atoms with van der Waals surface area (Å²) < 4.78 is 0. The van der Waals surface area contributed by atoms with Crippen molar-refractivity contribution in [2.75, 3.05) is 19.6 Å². The van der Waals surface area contributed by atoms with Crippen LogP contribution in [0, 0.1) is 19.8 Å². The molecule has 0 aliphatic carbocycles. The van der Waals surface area contributed by atoms with E-state index in [0.29, 0.717) is 12.0 Å². The Morgan fingerprint density at radius 3 is 2.72 bits per heavy atom. The second kappa shape index (κ2) is 4.39. The topological polar surface area (TPSA) is 32.3 Å². The molecule has 1 aromatic rings. The zero-order valence-corrected chi connectivity index (χ0v) is 11.1. The summed E-state index contributed by atoms with van der Waals surface area (Å²) in [7, 11) is 0. The molecule has 3 rings (SSSR count). The van der Waals surface area contributed by atoms with Crippen molar-refractivity contribution in [3.63, 3.8) is 0 Å². The first-order valence-corrected chi connectivity index (χ1v) is 6.76. The Hall–Kier alpha value is -1.35. The number of nitrogens with zero attached hydrogens (tertiary/aromatic N) is 1. The third kappa shape index (κ3) is 1.74. The number of aryl methyl sites for hydroxylation is 2. The fourth-order valence-corrected chi connectivity index (χ4v) is 3.40. The van der Waals surface area contributed by atoms with Crippen LogP contribution >= 0.6 is 0 Å². The highest BCUT2D eigenvalue weighted by atomic mass is 16.2. The molecule has 1 aromatic carbocycles. The number of fused-ring (bicyclic) bond motifs is 1. The van der Waals surface area contributed by atoms with Gasteiger partial charge in [0.2, 0.25) is 0 Å². The van der Waals surface area contributed by atoms with Crippen LogP contribution in [0.3, 0.4) is 0 Å². The van der Waals surface area contributed by atoms with Crippen LogP contribution in [-0.2, 0) is 0 Å². The van der Waals surface area contributed by atoms with Crippen molar-refractivity contribution >= 4 is 5.91 Å². The van der Waals surface area contributed by atoms with Gasteiger partial charge in [0.15, 0.2) is 0 Å². The summed E-state index contributed by atoms with van der Waals surface area (Å²) in [5.41, 5.74) is 3.09. The minimum absolute atomic E-state index is 0.224. The average Bonchev–Trinajstić information content (AvgIpc) is 2.89. The lowest BCUT2D eigenvalue weighted by molar-refractivity contribution is 0.0735. The number of rotatable bonds is 1. The number of amides is 1. The summed E-state index contributed by atoms with van der Waals surface area (Å²) in [4.78, 5) is 14.8. The number of hydrogen-bond donors (Lipinski definition) is 1. The van der Waals surface area contributed by atoms with Gasteiger partial charge in [0.1, 0.15) is 0 Å². The third-order valence-corrected chi connectivity index (χ3v) is 4.40. The molecule has 3 nitrogen and oxygen atoms in total. The quantitative estimate of drug-likeness (QED) is 0.816. The van der Waals surface area contributed by atoms with Gasteiger partial charge in [-0.1, -0.05) is 18.2 Å². The van der Waals surface area contributed by atoms with Crippen molar-refractivity contribution in [3.05, 3.63) is 34.9 Å². The first-order valence-electron chi connectivity index (χ1n) is 6.76. The molecule has 2 heterocycles. The van der Waals surface area contributed by atoms with Gasteiger partial charge in [0, 0.05) is 31.2 Å². The summed E-state index contributed by atoms with van der Waals surface area (Å²) in [6, 6.07) is 6.49. The molecule has 0 radical (unpaired) electrons. The highest BCUT2D eigenvalue weighted by molar-refractivity contribution is 5.97. The Morgan fingerprint density at radius 2 is 2.00 bits per heavy atom. The molecule has 2 aliphatic heterocycles. The van der Waals surface area contributed by atoms with E-state index in [0.717, 1.165) is 42.7 Å². The highest BCUT2D eigenvalue weighted by Crippen LogP contribution is 2.29. The van der Waals surface area contributed by atoms with Crippen molar-refractivity contribution in [1.82, 2.24) is 10.2 Å². The number of likely N-dealkylation sites (tertiary alicyclic amines) is 1. The summed E-state index contributed by atoms with van der Waals surface area (Å²) in [6.07, 6.45) is 1.15. The fourth-order valence-electron chi connectivity index (χ4n) is 3.40. The normalized spacial score (nSPS) is 26.4. The van der Waals surface area contributed by atoms with E-state index in [9.17, 15) is 4.79 Å². The number of carbonyl (C=O) groups excluding carboxylic acids is 1. The van der Waals surface area contributed by atoms with Gasteiger partial charge in [-0.15, -0.1) is 0 Å². The number of hydrogen-bond acceptors (Lipinski definition) is 2. The van der Waals surface area contributed by atoms with Gasteiger partial charge in [-0.2, -0.15) is 0 Å². The second-order valence-electron chi connectivity index (χ2n) is 5.54. The summed E-state index contributed by atoms with van der Waals surface area (Å²) in [6.45, 7) is 7.01. The van der Waals surface area contributed by atoms with E-state index in [-0.39, 0.29) is 5.91 Å². The van der Waals surface area contributed by atoms with E-state index in [1.807, 2.05) is 32.0 Å². The lowest BCUT2D eigenvalue weighted by atomic mass is 10.0. The fraction of sp³-hybridized carbons (Fsp3) is 0.533. The number of carbonyl (C=O) groups is 1. The highest BCUT2D eigenvalue weighted by Gasteiger charge is 2.40. The van der Waals surface area contributed by atoms with Crippen LogP contribution in [0.4, 0.5) is 0 Å². The predicted octanol–water partition coefficient (Wildman–Crippen LogP) is 1.74. The smallest absolute Gasteiger partial charge is 0.254 e. The molecule has 0 bridgehead atoms. The predicted molar refractivity (Wildman–Crippen MR) is 71.7 cm³/mol. The van der Waals surface area contributed by atoms with Crippen LogP contribution in [0.1, 0.15) is 27.9 Å². The van der Waals surface area contributed by atoms with E-state index in [2.05, 4.69) is 10.2 Å². The zero-order chi connectivity index (χ0) is 12.7. The molecule has 2 atom stereocenters. The van der Waals surface area contributed by atoms with E-state index >= 15 is 0 Å². The minimum atomic E-state index is 0.224. The van der Waals surface area contributed by atoms with Crippen molar-refractivity contribution in [1.29, 1.82) is 0 Å². The van der Waals surface area contributed by atoms with Gasteiger partial charge >= 0.3 is 0 Å². The molecule has 0 spiro atoms. The zero-order valence-electron chi connectivity index (χ0n) is 11.1. The Kier molecular flexibility index (Phi) is 2.86. The maximum absolute atomic E-state index is 12.7. The minimum Gasteiger partial charge on any atom is -0.334 e. The summed E-state index contributed by atoms with van der Waals surface area (Å²) in [5, 5.41) is 3.40. The molecule has 96 valence electrons. The van der Waals surface area contributed by atoms with Crippen LogP contribution in [-0.4, -0.2) is 36.5 Å². The van der Waals surface area contributed by atoms with E-state index < -0.39 is 0 Å². The Balaban J connectivity index is 1.91. The lowest BCUT2D eigenvalue weighted by Gasteiger charge is -2.25. The van der Waals surface area contributed by atoms with Gasteiger partial charge in [0.25, 0.3) is 5.91 Å². The lowest BCUT2D eigenvalue weighted by Crippen LogP contribution is -2.39. The molecular formula is C15H20N2O. The molecule has 18 heavy (non-hydrogen) atoms. The molecule has 1 N–H and O–H groups in total. The molecule has 2 fully saturated rings. The first-order chi connectivity index (χ1) is 8.68. The molecular weight excluding hydrogens is 224 g/mol. The molecule has 2 saturated heterocycles. The monoisotopic (exact) mass is 244 g/mol. The molecule has 3 heteroatoms. The van der Waals surface area contributed by atoms with Crippen molar-refractivity contribution < 1.29 is 4.79 Å². The van der Waals surface area contributed by atoms with Gasteiger partial charge in [-0.3, -0.25) is 4.79 Å². The van der Waals surface area contributed by atoms with Crippen LogP contribution < -0.4 is 5.32 Å². The Morgan fingerprint density at radius 1 is 1.28 bits per heavy atom. The number of benzene rings is 1.